The van der Waals surface area contributed by atoms with E-state index in [0.717, 1.165) is 33.9 Å². The van der Waals surface area contributed by atoms with Crippen molar-refractivity contribution in [2.24, 2.45) is 5.92 Å². The Kier molecular flexibility index (Phi) is 4.60. The molecular weight excluding hydrogens is 410 g/mol. The molecule has 0 saturated heterocycles. The van der Waals surface area contributed by atoms with Gasteiger partial charge in [-0.25, -0.2) is 9.97 Å². The van der Waals surface area contributed by atoms with E-state index in [1.165, 1.54) is 28.6 Å². The van der Waals surface area contributed by atoms with Crippen LogP contribution in [0.25, 0.3) is 21.0 Å². The van der Waals surface area contributed by atoms with Gasteiger partial charge in [0.05, 0.1) is 15.5 Å². The molecule has 5 rings (SSSR count). The van der Waals surface area contributed by atoms with E-state index in [1.54, 1.807) is 22.7 Å². The molecule has 4 heterocycles. The van der Waals surface area contributed by atoms with Crippen LogP contribution in [-0.2, 0) is 12.8 Å². The van der Waals surface area contributed by atoms with Gasteiger partial charge in [0.25, 0.3) is 5.89 Å². The number of hydrogen-bond donors (Lipinski definition) is 1. The van der Waals surface area contributed by atoms with E-state index in [1.807, 2.05) is 24.4 Å². The van der Waals surface area contributed by atoms with E-state index in [9.17, 15) is 0 Å². The lowest BCUT2D eigenvalue weighted by Crippen LogP contribution is -2.09. The van der Waals surface area contributed by atoms with Gasteiger partial charge in [0, 0.05) is 4.88 Å². The van der Waals surface area contributed by atoms with E-state index in [0.29, 0.717) is 22.8 Å². The van der Waals surface area contributed by atoms with Crippen LogP contribution in [0, 0.1) is 5.92 Å². The molecule has 1 aliphatic carbocycles. The van der Waals surface area contributed by atoms with Crippen molar-refractivity contribution in [3.8, 4) is 10.8 Å². The molecule has 0 bridgehead atoms. The molecule has 4 aromatic heterocycles. The van der Waals surface area contributed by atoms with Gasteiger partial charge < -0.3 is 10.2 Å². The average molecular weight is 430 g/mol. The maximum atomic E-state index is 6.34. The maximum absolute atomic E-state index is 6.34. The first-order chi connectivity index (χ1) is 13.6. The Labute approximate surface area is 174 Å². The second-order valence-corrected chi connectivity index (χ2v) is 10.4. The zero-order chi connectivity index (χ0) is 19.3. The van der Waals surface area contributed by atoms with Gasteiger partial charge in [0.1, 0.15) is 10.6 Å². The van der Waals surface area contributed by atoms with Crippen LogP contribution in [0.4, 0.5) is 5.82 Å². The van der Waals surface area contributed by atoms with E-state index < -0.39 is 0 Å². The fraction of sp³-hybridized carbons (Fsp3) is 0.368. The molecule has 0 aliphatic heterocycles. The van der Waals surface area contributed by atoms with Crippen LogP contribution < -0.4 is 5.73 Å². The number of thiophene rings is 2. The molecule has 2 unspecified atom stereocenters. The molecule has 0 fully saturated rings. The Morgan fingerprint density at radius 1 is 1.32 bits per heavy atom. The highest BCUT2D eigenvalue weighted by atomic mass is 32.2. The summed E-state index contributed by atoms with van der Waals surface area (Å²) in [5, 5.41) is 12.0. The second kappa shape index (κ2) is 7.13. The van der Waals surface area contributed by atoms with Gasteiger partial charge in [-0.05, 0) is 49.1 Å². The number of anilines is 1. The maximum Gasteiger partial charge on any atom is 0.257 e. The molecule has 4 aromatic rings. The largest absolute Gasteiger partial charge is 0.419 e. The number of rotatable bonds is 4. The van der Waals surface area contributed by atoms with Crippen molar-refractivity contribution in [2.45, 2.75) is 43.5 Å². The third-order valence-electron chi connectivity index (χ3n) is 4.97. The Bertz CT molecular complexity index is 1130. The molecule has 1 aliphatic rings. The Balaban J connectivity index is 1.42. The predicted molar refractivity (Wildman–Crippen MR) is 115 cm³/mol. The molecule has 28 heavy (non-hydrogen) atoms. The average Bonchev–Trinajstić information content (AvgIpc) is 3.39. The number of nitrogen functional groups attached to an aromatic ring is 1. The third-order valence-corrected chi connectivity index (χ3v) is 7.92. The van der Waals surface area contributed by atoms with Gasteiger partial charge in [0.2, 0.25) is 5.89 Å². The van der Waals surface area contributed by atoms with Crippen LogP contribution in [0.3, 0.4) is 0 Å². The van der Waals surface area contributed by atoms with E-state index >= 15 is 0 Å². The van der Waals surface area contributed by atoms with Crippen LogP contribution in [0.15, 0.2) is 27.1 Å². The van der Waals surface area contributed by atoms with E-state index in [2.05, 4.69) is 22.1 Å². The van der Waals surface area contributed by atoms with Crippen molar-refractivity contribution < 1.29 is 4.42 Å². The molecule has 6 nitrogen and oxygen atoms in total. The SMILES string of the molecule is CC1CCc2c(sc3nc(SC(C)c4nnc(-c5cccs5)o4)nc(N)c23)C1. The number of nitrogens with two attached hydrogens (primary N) is 1. The van der Waals surface area contributed by atoms with Gasteiger partial charge in [-0.15, -0.1) is 32.9 Å². The molecule has 2 N–H and O–H groups in total. The number of nitrogens with zero attached hydrogens (tertiary/aromatic N) is 4. The molecule has 2 atom stereocenters. The van der Waals surface area contributed by atoms with Crippen molar-refractivity contribution >= 4 is 50.5 Å². The first-order valence-corrected chi connectivity index (χ1v) is 11.8. The molecular formula is C19H19N5OS3. The highest BCUT2D eigenvalue weighted by molar-refractivity contribution is 7.99. The lowest BCUT2D eigenvalue weighted by molar-refractivity contribution is 0.509. The van der Waals surface area contributed by atoms with Crippen LogP contribution >= 0.6 is 34.4 Å². The lowest BCUT2D eigenvalue weighted by atomic mass is 9.89. The zero-order valence-electron chi connectivity index (χ0n) is 15.5. The number of aromatic nitrogens is 4. The first-order valence-electron chi connectivity index (χ1n) is 9.20. The van der Waals surface area contributed by atoms with Crippen LogP contribution in [0.5, 0.6) is 0 Å². The molecule has 0 radical (unpaired) electrons. The van der Waals surface area contributed by atoms with Crippen LogP contribution in [-0.4, -0.2) is 20.2 Å². The summed E-state index contributed by atoms with van der Waals surface area (Å²) in [5.41, 5.74) is 7.69. The minimum absolute atomic E-state index is 0.0623. The smallest absolute Gasteiger partial charge is 0.257 e. The number of thioether (sulfide) groups is 1. The molecule has 9 heteroatoms. The topological polar surface area (TPSA) is 90.7 Å². The van der Waals surface area contributed by atoms with Crippen molar-refractivity contribution in [1.29, 1.82) is 0 Å². The van der Waals surface area contributed by atoms with Crippen molar-refractivity contribution in [3.05, 3.63) is 33.8 Å². The minimum atomic E-state index is -0.0623. The summed E-state index contributed by atoms with van der Waals surface area (Å²) in [6.07, 6.45) is 3.39. The Morgan fingerprint density at radius 2 is 2.21 bits per heavy atom. The monoisotopic (exact) mass is 429 g/mol. The van der Waals surface area contributed by atoms with Crippen molar-refractivity contribution in [3.63, 3.8) is 0 Å². The normalized spacial score (nSPS) is 17.7. The summed E-state index contributed by atoms with van der Waals surface area (Å²) in [4.78, 5) is 12.7. The zero-order valence-corrected chi connectivity index (χ0v) is 18.0. The van der Waals surface area contributed by atoms with E-state index in [-0.39, 0.29) is 5.25 Å². The van der Waals surface area contributed by atoms with Gasteiger partial charge in [-0.3, -0.25) is 0 Å². The standard InChI is InChI=1S/C19H19N5OS3/c1-9-5-6-11-13(8-9)28-18-14(11)15(20)21-19(22-18)27-10(2)16-23-24-17(25-16)12-4-3-7-26-12/h3-4,7,9-10H,5-6,8H2,1-2H3,(H2,20,21,22). The van der Waals surface area contributed by atoms with Crippen LogP contribution in [0.1, 0.15) is 41.8 Å². The number of aryl methyl sites for hydroxylation is 1. The Morgan fingerprint density at radius 3 is 3.04 bits per heavy atom. The summed E-state index contributed by atoms with van der Waals surface area (Å²) in [6.45, 7) is 4.32. The number of hydrogen-bond acceptors (Lipinski definition) is 9. The summed E-state index contributed by atoms with van der Waals surface area (Å²) < 4.78 is 5.84. The second-order valence-electron chi connectivity index (χ2n) is 7.11. The molecule has 0 aromatic carbocycles. The van der Waals surface area contributed by atoms with Gasteiger partial charge >= 0.3 is 0 Å². The predicted octanol–water partition coefficient (Wildman–Crippen LogP) is 5.36. The molecule has 0 saturated carbocycles. The lowest BCUT2D eigenvalue weighted by Gasteiger charge is -2.17. The summed E-state index contributed by atoms with van der Waals surface area (Å²) in [6, 6.07) is 3.94. The summed E-state index contributed by atoms with van der Waals surface area (Å²) in [5.74, 6) is 2.42. The molecule has 0 amide bonds. The quantitative estimate of drug-likeness (QED) is 0.345. The number of fused-ring (bicyclic) bond motifs is 3. The van der Waals surface area contributed by atoms with E-state index in [4.69, 9.17) is 15.1 Å². The van der Waals surface area contributed by atoms with Crippen molar-refractivity contribution in [2.75, 3.05) is 5.73 Å². The molecule has 144 valence electrons. The van der Waals surface area contributed by atoms with Gasteiger partial charge in [0.15, 0.2) is 5.16 Å². The minimum Gasteiger partial charge on any atom is -0.419 e. The highest BCUT2D eigenvalue weighted by Crippen LogP contribution is 2.41. The Hall–Kier alpha value is -1.97. The fourth-order valence-electron chi connectivity index (χ4n) is 3.51. The van der Waals surface area contributed by atoms with Gasteiger partial charge in [-0.1, -0.05) is 24.8 Å². The summed E-state index contributed by atoms with van der Waals surface area (Å²) in [7, 11) is 0. The highest BCUT2D eigenvalue weighted by Gasteiger charge is 2.24. The third kappa shape index (κ3) is 3.21. The first kappa shape index (κ1) is 18.1. The van der Waals surface area contributed by atoms with Gasteiger partial charge in [-0.2, -0.15) is 0 Å². The van der Waals surface area contributed by atoms with Crippen LogP contribution in [0.2, 0.25) is 0 Å². The van der Waals surface area contributed by atoms with Crippen molar-refractivity contribution in [1.82, 2.24) is 20.2 Å². The summed E-state index contributed by atoms with van der Waals surface area (Å²) >= 11 is 4.84. The fourth-order valence-corrected chi connectivity index (χ4v) is 6.41. The molecule has 0 spiro atoms.